The molecular formula is C28H24F4N4O4. The Balaban J connectivity index is 1.32. The number of aliphatic hydroxyl groups is 1. The van der Waals surface area contributed by atoms with Crippen molar-refractivity contribution in [3.05, 3.63) is 89.2 Å². The van der Waals surface area contributed by atoms with E-state index in [1.54, 1.807) is 6.07 Å². The molecule has 0 aromatic heterocycles. The van der Waals surface area contributed by atoms with E-state index >= 15 is 0 Å². The number of carbonyl (C=O) groups is 1. The van der Waals surface area contributed by atoms with Crippen molar-refractivity contribution < 1.29 is 36.9 Å². The quantitative estimate of drug-likeness (QED) is 0.220. The number of hydrogen-bond acceptors (Lipinski definition) is 7. The molecule has 1 amide bonds. The number of nitrogens with one attached hydrogen (secondary N) is 2. The summed E-state index contributed by atoms with van der Waals surface area (Å²) in [7, 11) is 0. The molecule has 1 aliphatic heterocycles. The van der Waals surface area contributed by atoms with Crippen LogP contribution in [-0.2, 0) is 12.2 Å². The third kappa shape index (κ3) is 6.93. The fraction of sp³-hybridized carbons (Fsp3) is 0.250. The number of aliphatic hydroxyl groups excluding tert-OH is 1. The Labute approximate surface area is 227 Å². The first kappa shape index (κ1) is 28.5. The van der Waals surface area contributed by atoms with Crippen molar-refractivity contribution in [3.63, 3.8) is 0 Å². The van der Waals surface area contributed by atoms with Gasteiger partial charge in [-0.15, -0.1) is 16.7 Å². The van der Waals surface area contributed by atoms with Gasteiger partial charge in [-0.25, -0.2) is 4.39 Å². The molecule has 1 aliphatic rings. The van der Waals surface area contributed by atoms with Gasteiger partial charge in [-0.05, 0) is 48.0 Å². The first-order chi connectivity index (χ1) is 19.1. The van der Waals surface area contributed by atoms with Gasteiger partial charge in [-0.2, -0.15) is 13.2 Å². The topological polar surface area (TPSA) is 105 Å². The van der Waals surface area contributed by atoms with Crippen molar-refractivity contribution in [1.29, 1.82) is 0 Å². The predicted molar refractivity (Wildman–Crippen MR) is 137 cm³/mol. The molecule has 0 bridgehead atoms. The molecule has 0 radical (unpaired) electrons. The van der Waals surface area contributed by atoms with Crippen LogP contribution in [0.25, 0.3) is 0 Å². The fourth-order valence-electron chi connectivity index (χ4n) is 3.68. The smallest absolute Gasteiger partial charge is 0.442 e. The molecule has 4 rings (SSSR count). The number of alkyl halides is 3. The van der Waals surface area contributed by atoms with Gasteiger partial charge >= 0.3 is 11.8 Å². The third-order valence-corrected chi connectivity index (χ3v) is 5.81. The Morgan fingerprint density at radius 1 is 1.05 bits per heavy atom. The summed E-state index contributed by atoms with van der Waals surface area (Å²) in [5.74, 6) is 1.82. The van der Waals surface area contributed by atoms with Crippen LogP contribution in [0.3, 0.4) is 0 Å². The summed E-state index contributed by atoms with van der Waals surface area (Å²) in [6.07, 6.45) is -0.347. The molecule has 0 spiro atoms. The van der Waals surface area contributed by atoms with Crippen molar-refractivity contribution in [2.75, 3.05) is 25.1 Å². The van der Waals surface area contributed by atoms with Gasteiger partial charge in [0.2, 0.25) is 0 Å². The Hall–Kier alpha value is -4.47. The molecule has 208 valence electrons. The second-order valence-corrected chi connectivity index (χ2v) is 8.77. The highest BCUT2D eigenvalue weighted by Crippen LogP contribution is 2.52. The zero-order valence-electron chi connectivity index (χ0n) is 20.9. The maximum atomic E-state index is 13.2. The van der Waals surface area contributed by atoms with Gasteiger partial charge in [0, 0.05) is 24.3 Å². The van der Waals surface area contributed by atoms with E-state index in [2.05, 4.69) is 26.8 Å². The van der Waals surface area contributed by atoms with E-state index in [-0.39, 0.29) is 43.2 Å². The van der Waals surface area contributed by atoms with Crippen LogP contribution in [0, 0.1) is 18.2 Å². The average molecular weight is 557 g/mol. The maximum Gasteiger partial charge on any atom is 0.442 e. The second kappa shape index (κ2) is 12.1. The molecule has 3 N–H and O–H groups in total. The minimum absolute atomic E-state index is 0.0137. The van der Waals surface area contributed by atoms with E-state index in [1.165, 1.54) is 60.7 Å². The normalized spacial score (nSPS) is 14.2. The molecule has 0 saturated heterocycles. The molecule has 1 heterocycles. The molecule has 3 aromatic carbocycles. The number of halogens is 4. The van der Waals surface area contributed by atoms with Crippen LogP contribution in [0.15, 0.2) is 77.0 Å². The van der Waals surface area contributed by atoms with Gasteiger partial charge in [-0.3, -0.25) is 4.79 Å². The summed E-state index contributed by atoms with van der Waals surface area (Å²) < 4.78 is 63.7. The first-order valence-electron chi connectivity index (χ1n) is 12.0. The van der Waals surface area contributed by atoms with E-state index < -0.39 is 29.7 Å². The number of benzene rings is 3. The van der Waals surface area contributed by atoms with Crippen LogP contribution in [0.5, 0.6) is 11.5 Å². The first-order valence-corrected chi connectivity index (χ1v) is 12.0. The van der Waals surface area contributed by atoms with Crippen LogP contribution in [0.4, 0.5) is 23.2 Å². The summed E-state index contributed by atoms with van der Waals surface area (Å²) in [6, 6.07) is 15.4. The average Bonchev–Trinajstić information content (AvgIpc) is 3.75. The SMILES string of the molecule is C#CCOc1ccc(OCC(O)CNCc2ccc(C3(C(F)(F)F)N=N3)cc2)c(C(=O)Nc2ccc(F)cc2)c1. The minimum Gasteiger partial charge on any atom is -0.490 e. The van der Waals surface area contributed by atoms with E-state index in [1.807, 2.05) is 0 Å². The lowest BCUT2D eigenvalue weighted by molar-refractivity contribution is -0.166. The number of ether oxygens (including phenoxy) is 2. The van der Waals surface area contributed by atoms with Gasteiger partial charge in [0.15, 0.2) is 0 Å². The van der Waals surface area contributed by atoms with Crippen molar-refractivity contribution in [1.82, 2.24) is 5.32 Å². The van der Waals surface area contributed by atoms with E-state index in [0.29, 0.717) is 17.0 Å². The molecule has 1 atom stereocenters. The number of anilines is 1. The zero-order chi connectivity index (χ0) is 28.8. The Kier molecular flexibility index (Phi) is 8.67. The number of hydrogen-bond donors (Lipinski definition) is 3. The van der Waals surface area contributed by atoms with Gasteiger partial charge in [-0.1, -0.05) is 30.2 Å². The summed E-state index contributed by atoms with van der Waals surface area (Å²) in [6.45, 7) is 0.182. The maximum absolute atomic E-state index is 13.2. The van der Waals surface area contributed by atoms with Crippen LogP contribution >= 0.6 is 0 Å². The summed E-state index contributed by atoms with van der Waals surface area (Å²) in [5, 5.41) is 22.4. The highest BCUT2D eigenvalue weighted by molar-refractivity contribution is 6.06. The Morgan fingerprint density at radius 2 is 1.75 bits per heavy atom. The van der Waals surface area contributed by atoms with Crippen LogP contribution in [-0.4, -0.2) is 43.1 Å². The molecule has 12 heteroatoms. The molecule has 40 heavy (non-hydrogen) atoms. The molecule has 0 fully saturated rings. The molecule has 1 unspecified atom stereocenters. The molecular weight excluding hydrogens is 532 g/mol. The highest BCUT2D eigenvalue weighted by Gasteiger charge is 2.65. The lowest BCUT2D eigenvalue weighted by Gasteiger charge is -2.17. The lowest BCUT2D eigenvalue weighted by atomic mass is 10.0. The largest absolute Gasteiger partial charge is 0.490 e. The lowest BCUT2D eigenvalue weighted by Crippen LogP contribution is -2.31. The van der Waals surface area contributed by atoms with Crippen molar-refractivity contribution >= 4 is 11.6 Å². The van der Waals surface area contributed by atoms with Gasteiger partial charge in [0.25, 0.3) is 5.91 Å². The predicted octanol–water partition coefficient (Wildman–Crippen LogP) is 4.80. The number of carbonyl (C=O) groups excluding carboxylic acids is 1. The van der Waals surface area contributed by atoms with Crippen molar-refractivity contribution in [3.8, 4) is 23.8 Å². The zero-order valence-corrected chi connectivity index (χ0v) is 20.9. The van der Waals surface area contributed by atoms with Crippen molar-refractivity contribution in [2.24, 2.45) is 10.2 Å². The van der Waals surface area contributed by atoms with Crippen LogP contribution in [0.1, 0.15) is 21.5 Å². The number of rotatable bonds is 12. The monoisotopic (exact) mass is 556 g/mol. The fourth-order valence-corrected chi connectivity index (χ4v) is 3.68. The van der Waals surface area contributed by atoms with Crippen molar-refractivity contribution in [2.45, 2.75) is 24.5 Å². The molecule has 8 nitrogen and oxygen atoms in total. The minimum atomic E-state index is -4.59. The van der Waals surface area contributed by atoms with Crippen LogP contribution in [0.2, 0.25) is 0 Å². The summed E-state index contributed by atoms with van der Waals surface area (Å²) in [4.78, 5) is 12.9. The summed E-state index contributed by atoms with van der Waals surface area (Å²) in [5.41, 5.74) is -1.37. The standard InChI is InChI=1S/C28H24F4N4O4/c1-2-13-39-23-11-12-25(24(14-23)26(38)34-21-9-7-20(29)8-10-21)40-17-22(37)16-33-15-18-3-5-19(6-4-18)27(35-36-27)28(30,31)32/h1,3-12,14,22,33,37H,13,15-17H2,(H,34,38). The Bertz CT molecular complexity index is 1400. The molecule has 0 aliphatic carbocycles. The highest BCUT2D eigenvalue weighted by atomic mass is 19.4. The van der Waals surface area contributed by atoms with E-state index in [0.717, 1.165) is 0 Å². The molecule has 0 saturated carbocycles. The second-order valence-electron chi connectivity index (χ2n) is 8.77. The number of amides is 1. The van der Waals surface area contributed by atoms with Gasteiger partial charge in [0.05, 0.1) is 5.56 Å². The molecule has 3 aromatic rings. The van der Waals surface area contributed by atoms with Gasteiger partial charge < -0.3 is 25.2 Å². The summed E-state index contributed by atoms with van der Waals surface area (Å²) >= 11 is 0. The van der Waals surface area contributed by atoms with E-state index in [9.17, 15) is 27.5 Å². The Morgan fingerprint density at radius 3 is 2.38 bits per heavy atom. The third-order valence-electron chi connectivity index (χ3n) is 5.81. The van der Waals surface area contributed by atoms with Crippen LogP contribution < -0.4 is 20.1 Å². The number of nitrogens with zero attached hydrogens (tertiary/aromatic N) is 2. The number of terminal acetylenes is 1. The van der Waals surface area contributed by atoms with E-state index in [4.69, 9.17) is 15.9 Å². The van der Waals surface area contributed by atoms with Gasteiger partial charge in [0.1, 0.15) is 36.6 Å².